The summed E-state index contributed by atoms with van der Waals surface area (Å²) in [5.74, 6) is 1.39. The minimum absolute atomic E-state index is 0.339. The summed E-state index contributed by atoms with van der Waals surface area (Å²) in [6.07, 6.45) is 4.82. The number of hydrogen-bond donors (Lipinski definition) is 0. The van der Waals surface area contributed by atoms with E-state index in [1.165, 1.54) is 18.4 Å². The summed E-state index contributed by atoms with van der Waals surface area (Å²) in [6.45, 7) is 0. The van der Waals surface area contributed by atoms with Gasteiger partial charge >= 0.3 is 0 Å². The molecule has 1 fully saturated rings. The number of benzene rings is 1. The Kier molecular flexibility index (Phi) is 1.63. The Bertz CT molecular complexity index is 384. The van der Waals surface area contributed by atoms with Gasteiger partial charge in [0.1, 0.15) is 11.9 Å². The Hall–Kier alpha value is -1.31. The Morgan fingerprint density at radius 3 is 3.14 bits per heavy atom. The number of para-hydroxylation sites is 1. The Morgan fingerprint density at radius 2 is 2.29 bits per heavy atom. The van der Waals surface area contributed by atoms with E-state index in [1.807, 2.05) is 12.1 Å². The van der Waals surface area contributed by atoms with Crippen LogP contribution < -0.4 is 4.74 Å². The van der Waals surface area contributed by atoms with E-state index in [4.69, 9.17) is 4.74 Å². The van der Waals surface area contributed by atoms with E-state index in [9.17, 15) is 4.79 Å². The zero-order chi connectivity index (χ0) is 9.54. The van der Waals surface area contributed by atoms with Gasteiger partial charge in [0.15, 0.2) is 6.29 Å². The van der Waals surface area contributed by atoms with Crippen molar-refractivity contribution in [2.45, 2.75) is 31.3 Å². The van der Waals surface area contributed by atoms with Gasteiger partial charge in [-0.25, -0.2) is 0 Å². The quantitative estimate of drug-likeness (QED) is 0.633. The standard InChI is InChI=1S/C12H12O2/c13-7-8-3-1-5-10-9-4-2-6-11(9)14-12(8)10/h1,3,5,7,9,11H,2,4,6H2. The molecule has 2 nitrogen and oxygen atoms in total. The second-order valence-electron chi connectivity index (χ2n) is 4.08. The van der Waals surface area contributed by atoms with Gasteiger partial charge in [-0.1, -0.05) is 12.1 Å². The van der Waals surface area contributed by atoms with Crippen molar-refractivity contribution in [3.63, 3.8) is 0 Å². The summed E-state index contributed by atoms with van der Waals surface area (Å²) in [5.41, 5.74) is 1.95. The number of carbonyl (C=O) groups is 1. The van der Waals surface area contributed by atoms with Gasteiger partial charge in [-0.2, -0.15) is 0 Å². The maximum atomic E-state index is 10.8. The van der Waals surface area contributed by atoms with Crippen LogP contribution in [0.25, 0.3) is 0 Å². The second-order valence-corrected chi connectivity index (χ2v) is 4.08. The molecule has 1 heterocycles. The molecule has 1 aromatic carbocycles. The van der Waals surface area contributed by atoms with E-state index in [2.05, 4.69) is 6.07 Å². The normalized spacial score (nSPS) is 28.0. The van der Waals surface area contributed by atoms with Crippen molar-refractivity contribution in [3.8, 4) is 5.75 Å². The molecule has 0 amide bonds. The third-order valence-electron chi connectivity index (χ3n) is 3.32. The number of rotatable bonds is 1. The van der Waals surface area contributed by atoms with Gasteiger partial charge in [0, 0.05) is 11.5 Å². The zero-order valence-corrected chi connectivity index (χ0v) is 7.90. The lowest BCUT2D eigenvalue weighted by Gasteiger charge is -2.07. The van der Waals surface area contributed by atoms with Crippen LogP contribution in [-0.4, -0.2) is 12.4 Å². The molecule has 2 aliphatic rings. The van der Waals surface area contributed by atoms with Crippen molar-refractivity contribution in [2.24, 2.45) is 0 Å². The first-order valence-corrected chi connectivity index (χ1v) is 5.15. The van der Waals surface area contributed by atoms with Crippen LogP contribution in [0.2, 0.25) is 0 Å². The average molecular weight is 188 g/mol. The summed E-state index contributed by atoms with van der Waals surface area (Å²) in [6, 6.07) is 5.87. The maximum absolute atomic E-state index is 10.8. The molecular formula is C12H12O2. The van der Waals surface area contributed by atoms with Crippen molar-refractivity contribution in [1.82, 2.24) is 0 Å². The number of carbonyl (C=O) groups excluding carboxylic acids is 1. The van der Waals surface area contributed by atoms with Crippen LogP contribution >= 0.6 is 0 Å². The molecule has 1 aromatic rings. The fraction of sp³-hybridized carbons (Fsp3) is 0.417. The molecule has 1 saturated carbocycles. The van der Waals surface area contributed by atoms with Crippen molar-refractivity contribution >= 4 is 6.29 Å². The predicted molar refractivity (Wildman–Crippen MR) is 52.8 cm³/mol. The summed E-state index contributed by atoms with van der Waals surface area (Å²) in [4.78, 5) is 10.8. The zero-order valence-electron chi connectivity index (χ0n) is 7.90. The number of hydrogen-bond acceptors (Lipinski definition) is 2. The van der Waals surface area contributed by atoms with E-state index < -0.39 is 0 Å². The van der Waals surface area contributed by atoms with Crippen LogP contribution in [0.4, 0.5) is 0 Å². The molecule has 14 heavy (non-hydrogen) atoms. The molecule has 3 rings (SSSR count). The van der Waals surface area contributed by atoms with Crippen LogP contribution in [-0.2, 0) is 0 Å². The molecule has 1 aliphatic heterocycles. The van der Waals surface area contributed by atoms with Crippen molar-refractivity contribution in [2.75, 3.05) is 0 Å². The van der Waals surface area contributed by atoms with Gasteiger partial charge in [0.25, 0.3) is 0 Å². The lowest BCUT2D eigenvalue weighted by Crippen LogP contribution is -2.11. The molecule has 2 atom stereocenters. The van der Waals surface area contributed by atoms with Crippen molar-refractivity contribution in [1.29, 1.82) is 0 Å². The van der Waals surface area contributed by atoms with Crippen LogP contribution in [0.1, 0.15) is 41.1 Å². The first-order chi connectivity index (χ1) is 6.90. The van der Waals surface area contributed by atoms with Gasteiger partial charge < -0.3 is 4.74 Å². The van der Waals surface area contributed by atoms with Crippen LogP contribution in [0.3, 0.4) is 0 Å². The van der Waals surface area contributed by atoms with E-state index >= 15 is 0 Å². The topological polar surface area (TPSA) is 26.3 Å². The molecule has 0 saturated heterocycles. The first kappa shape index (κ1) is 8.04. The Labute approximate surface area is 82.9 Å². The summed E-state index contributed by atoms with van der Waals surface area (Å²) >= 11 is 0. The molecule has 1 aliphatic carbocycles. The van der Waals surface area contributed by atoms with Gasteiger partial charge in [-0.15, -0.1) is 0 Å². The van der Waals surface area contributed by atoms with E-state index in [1.54, 1.807) is 0 Å². The molecule has 0 spiro atoms. The van der Waals surface area contributed by atoms with Crippen molar-refractivity contribution < 1.29 is 9.53 Å². The SMILES string of the molecule is O=Cc1cccc2c1OC1CCCC21. The highest BCUT2D eigenvalue weighted by Gasteiger charge is 2.38. The molecule has 2 heteroatoms. The molecular weight excluding hydrogens is 176 g/mol. The van der Waals surface area contributed by atoms with Crippen molar-refractivity contribution in [3.05, 3.63) is 29.3 Å². The summed E-state index contributed by atoms with van der Waals surface area (Å²) in [7, 11) is 0. The van der Waals surface area contributed by atoms with Crippen LogP contribution in [0.5, 0.6) is 5.75 Å². The highest BCUT2D eigenvalue weighted by molar-refractivity contribution is 5.81. The van der Waals surface area contributed by atoms with E-state index in [0.29, 0.717) is 17.6 Å². The van der Waals surface area contributed by atoms with E-state index in [-0.39, 0.29) is 0 Å². The fourth-order valence-corrected chi connectivity index (χ4v) is 2.67. The average Bonchev–Trinajstić information content (AvgIpc) is 2.76. The molecule has 72 valence electrons. The Morgan fingerprint density at radius 1 is 1.36 bits per heavy atom. The van der Waals surface area contributed by atoms with Gasteiger partial charge in [0.2, 0.25) is 0 Å². The fourth-order valence-electron chi connectivity index (χ4n) is 2.67. The third kappa shape index (κ3) is 0.939. The maximum Gasteiger partial charge on any atom is 0.153 e. The highest BCUT2D eigenvalue weighted by atomic mass is 16.5. The molecule has 2 unspecified atom stereocenters. The van der Waals surface area contributed by atoms with Gasteiger partial charge in [0.05, 0.1) is 5.56 Å². The number of ether oxygens (including phenoxy) is 1. The molecule has 0 N–H and O–H groups in total. The molecule has 0 aromatic heterocycles. The largest absolute Gasteiger partial charge is 0.489 e. The summed E-state index contributed by atoms with van der Waals surface area (Å²) < 4.78 is 5.82. The van der Waals surface area contributed by atoms with Crippen LogP contribution in [0, 0.1) is 0 Å². The van der Waals surface area contributed by atoms with Gasteiger partial charge in [-0.05, 0) is 25.3 Å². The minimum Gasteiger partial charge on any atom is -0.489 e. The lowest BCUT2D eigenvalue weighted by atomic mass is 9.96. The predicted octanol–water partition coefficient (Wildman–Crippen LogP) is 2.53. The third-order valence-corrected chi connectivity index (χ3v) is 3.32. The monoisotopic (exact) mass is 188 g/mol. The van der Waals surface area contributed by atoms with Gasteiger partial charge in [-0.3, -0.25) is 4.79 Å². The van der Waals surface area contributed by atoms with E-state index in [0.717, 1.165) is 18.5 Å². The Balaban J connectivity index is 2.12. The number of fused-ring (bicyclic) bond motifs is 3. The molecule has 0 bridgehead atoms. The highest BCUT2D eigenvalue weighted by Crippen LogP contribution is 2.47. The minimum atomic E-state index is 0.339. The lowest BCUT2D eigenvalue weighted by molar-refractivity contribution is 0.111. The summed E-state index contributed by atoms with van der Waals surface area (Å²) in [5, 5.41) is 0. The first-order valence-electron chi connectivity index (χ1n) is 5.15. The molecule has 0 radical (unpaired) electrons. The smallest absolute Gasteiger partial charge is 0.153 e. The van der Waals surface area contributed by atoms with Crippen LogP contribution in [0.15, 0.2) is 18.2 Å². The second kappa shape index (κ2) is 2.84. The number of aldehydes is 1.